The van der Waals surface area contributed by atoms with Gasteiger partial charge in [-0.05, 0) is 31.5 Å². The Bertz CT molecular complexity index is 531. The standard InChI is InChI=1S/C15H19F2N3O2.ClH/c16-10-4-3-5-11(17)13(10)15(22)20-9-8-19-14(21)12-6-1-2-7-18-12;/h3-5,12,18H,1-2,6-9H2,(H,19,21)(H,20,22);1H. The van der Waals surface area contributed by atoms with Crippen LogP contribution in [0.1, 0.15) is 29.6 Å². The van der Waals surface area contributed by atoms with Crippen molar-refractivity contribution in [1.29, 1.82) is 0 Å². The maximum absolute atomic E-state index is 13.4. The number of rotatable bonds is 5. The fourth-order valence-corrected chi connectivity index (χ4v) is 2.36. The second-order valence-electron chi connectivity index (χ2n) is 5.15. The van der Waals surface area contributed by atoms with Gasteiger partial charge in [-0.25, -0.2) is 8.78 Å². The third-order valence-corrected chi connectivity index (χ3v) is 3.53. The fraction of sp³-hybridized carbons (Fsp3) is 0.467. The van der Waals surface area contributed by atoms with E-state index in [0.29, 0.717) is 0 Å². The lowest BCUT2D eigenvalue weighted by molar-refractivity contribution is -0.123. The van der Waals surface area contributed by atoms with Crippen molar-refractivity contribution >= 4 is 24.2 Å². The minimum absolute atomic E-state index is 0. The molecular weight excluding hydrogens is 328 g/mol. The summed E-state index contributed by atoms with van der Waals surface area (Å²) in [5, 5.41) is 8.18. The quantitative estimate of drug-likeness (QED) is 0.705. The van der Waals surface area contributed by atoms with Crippen LogP contribution in [0, 0.1) is 11.6 Å². The van der Waals surface area contributed by atoms with Crippen LogP contribution in [0.3, 0.4) is 0 Å². The van der Waals surface area contributed by atoms with Crippen LogP contribution in [0.2, 0.25) is 0 Å². The molecule has 5 nitrogen and oxygen atoms in total. The average molecular weight is 348 g/mol. The molecule has 0 spiro atoms. The van der Waals surface area contributed by atoms with Gasteiger partial charge in [0, 0.05) is 13.1 Å². The van der Waals surface area contributed by atoms with Crippen molar-refractivity contribution in [3.8, 4) is 0 Å². The van der Waals surface area contributed by atoms with Crippen molar-refractivity contribution in [3.63, 3.8) is 0 Å². The molecule has 1 aromatic carbocycles. The van der Waals surface area contributed by atoms with E-state index in [0.717, 1.165) is 37.9 Å². The first-order valence-corrected chi connectivity index (χ1v) is 7.33. The Morgan fingerprint density at radius 3 is 2.39 bits per heavy atom. The first kappa shape index (κ1) is 19.3. The predicted molar refractivity (Wildman–Crippen MR) is 84.6 cm³/mol. The van der Waals surface area contributed by atoms with Gasteiger partial charge in [-0.2, -0.15) is 0 Å². The monoisotopic (exact) mass is 347 g/mol. The molecule has 0 saturated carbocycles. The van der Waals surface area contributed by atoms with E-state index in [9.17, 15) is 18.4 Å². The molecule has 2 amide bonds. The van der Waals surface area contributed by atoms with Crippen LogP contribution in [-0.4, -0.2) is 37.5 Å². The summed E-state index contributed by atoms with van der Waals surface area (Å²) in [7, 11) is 0. The smallest absolute Gasteiger partial charge is 0.257 e. The van der Waals surface area contributed by atoms with Crippen LogP contribution in [0.4, 0.5) is 8.78 Å². The highest BCUT2D eigenvalue weighted by Crippen LogP contribution is 2.11. The number of amides is 2. The summed E-state index contributed by atoms with van der Waals surface area (Å²) in [5.41, 5.74) is -0.609. The number of nitrogens with one attached hydrogen (secondary N) is 3. The molecule has 1 fully saturated rings. The van der Waals surface area contributed by atoms with E-state index in [1.165, 1.54) is 6.07 Å². The summed E-state index contributed by atoms with van der Waals surface area (Å²) in [4.78, 5) is 23.5. The second kappa shape index (κ2) is 9.42. The molecule has 0 radical (unpaired) electrons. The Hall–Kier alpha value is -1.73. The Morgan fingerprint density at radius 2 is 1.78 bits per heavy atom. The van der Waals surface area contributed by atoms with E-state index in [1.807, 2.05) is 0 Å². The van der Waals surface area contributed by atoms with Crippen LogP contribution in [-0.2, 0) is 4.79 Å². The molecule has 1 aromatic rings. The highest BCUT2D eigenvalue weighted by molar-refractivity contribution is 5.94. The summed E-state index contributed by atoms with van der Waals surface area (Å²) in [6.45, 7) is 1.13. The first-order valence-electron chi connectivity index (χ1n) is 7.33. The Morgan fingerprint density at radius 1 is 1.13 bits per heavy atom. The SMILES string of the molecule is Cl.O=C(NCCNC(=O)C1CCCCN1)c1c(F)cccc1F. The minimum Gasteiger partial charge on any atom is -0.353 e. The Kier molecular flexibility index (Phi) is 7.91. The van der Waals surface area contributed by atoms with E-state index in [-0.39, 0.29) is 37.4 Å². The van der Waals surface area contributed by atoms with Crippen LogP contribution in [0.5, 0.6) is 0 Å². The lowest BCUT2D eigenvalue weighted by atomic mass is 10.0. The topological polar surface area (TPSA) is 70.2 Å². The van der Waals surface area contributed by atoms with E-state index in [1.54, 1.807) is 0 Å². The number of carbonyl (C=O) groups excluding carboxylic acids is 2. The third-order valence-electron chi connectivity index (χ3n) is 3.53. The van der Waals surface area contributed by atoms with Gasteiger partial charge < -0.3 is 16.0 Å². The predicted octanol–water partition coefficient (Wildman–Crippen LogP) is 1.37. The molecule has 2 rings (SSSR count). The zero-order chi connectivity index (χ0) is 15.9. The van der Waals surface area contributed by atoms with Crippen molar-refractivity contribution in [3.05, 3.63) is 35.4 Å². The van der Waals surface area contributed by atoms with E-state index < -0.39 is 23.1 Å². The summed E-state index contributed by atoms with van der Waals surface area (Å²) >= 11 is 0. The largest absolute Gasteiger partial charge is 0.353 e. The van der Waals surface area contributed by atoms with Gasteiger partial charge in [-0.3, -0.25) is 9.59 Å². The molecule has 0 aliphatic carbocycles. The van der Waals surface area contributed by atoms with Crippen molar-refractivity contribution in [1.82, 2.24) is 16.0 Å². The van der Waals surface area contributed by atoms with Crippen LogP contribution in [0.25, 0.3) is 0 Å². The van der Waals surface area contributed by atoms with Gasteiger partial charge >= 0.3 is 0 Å². The van der Waals surface area contributed by atoms with Crippen molar-refractivity contribution in [2.45, 2.75) is 25.3 Å². The molecule has 1 heterocycles. The molecule has 1 atom stereocenters. The number of halogens is 3. The van der Waals surface area contributed by atoms with E-state index >= 15 is 0 Å². The molecule has 1 saturated heterocycles. The minimum atomic E-state index is -0.909. The van der Waals surface area contributed by atoms with Gasteiger partial charge in [-0.1, -0.05) is 12.5 Å². The molecule has 3 N–H and O–H groups in total. The molecule has 0 bridgehead atoms. The summed E-state index contributed by atoms with van der Waals surface area (Å²) < 4.78 is 26.8. The normalized spacial score (nSPS) is 17.0. The molecule has 1 aliphatic heterocycles. The Labute approximate surface area is 139 Å². The lowest BCUT2D eigenvalue weighted by Gasteiger charge is -2.22. The molecule has 1 aliphatic rings. The molecule has 1 unspecified atom stereocenters. The Balaban J connectivity index is 0.00000264. The van der Waals surface area contributed by atoms with Gasteiger partial charge in [0.2, 0.25) is 5.91 Å². The number of benzene rings is 1. The second-order valence-corrected chi connectivity index (χ2v) is 5.15. The third kappa shape index (κ3) is 5.44. The maximum atomic E-state index is 13.4. The highest BCUT2D eigenvalue weighted by Gasteiger charge is 2.20. The van der Waals surface area contributed by atoms with Gasteiger partial charge in [0.05, 0.1) is 6.04 Å². The maximum Gasteiger partial charge on any atom is 0.257 e. The van der Waals surface area contributed by atoms with Crippen molar-refractivity contribution < 1.29 is 18.4 Å². The van der Waals surface area contributed by atoms with Gasteiger partial charge in [0.25, 0.3) is 5.91 Å². The number of hydrogen-bond acceptors (Lipinski definition) is 3. The fourth-order valence-electron chi connectivity index (χ4n) is 2.36. The molecule has 23 heavy (non-hydrogen) atoms. The van der Waals surface area contributed by atoms with Crippen LogP contribution >= 0.6 is 12.4 Å². The lowest BCUT2D eigenvalue weighted by Crippen LogP contribution is -2.48. The number of carbonyl (C=O) groups is 2. The molecule has 8 heteroatoms. The average Bonchev–Trinajstić information content (AvgIpc) is 2.52. The van der Waals surface area contributed by atoms with Gasteiger partial charge in [0.1, 0.15) is 17.2 Å². The molecular formula is C15H20ClF2N3O2. The van der Waals surface area contributed by atoms with Gasteiger partial charge in [-0.15, -0.1) is 12.4 Å². The highest BCUT2D eigenvalue weighted by atomic mass is 35.5. The zero-order valence-electron chi connectivity index (χ0n) is 12.5. The zero-order valence-corrected chi connectivity index (χ0v) is 13.3. The van der Waals surface area contributed by atoms with Crippen molar-refractivity contribution in [2.24, 2.45) is 0 Å². The molecule has 0 aromatic heterocycles. The summed E-state index contributed by atoms with van der Waals surface area (Å²) in [6.07, 6.45) is 2.86. The summed E-state index contributed by atoms with van der Waals surface area (Å²) in [5.74, 6) is -2.77. The summed E-state index contributed by atoms with van der Waals surface area (Å²) in [6, 6.07) is 3.04. The van der Waals surface area contributed by atoms with Crippen molar-refractivity contribution in [2.75, 3.05) is 19.6 Å². The van der Waals surface area contributed by atoms with Crippen LogP contribution < -0.4 is 16.0 Å². The van der Waals surface area contributed by atoms with Gasteiger partial charge in [0.15, 0.2) is 0 Å². The number of hydrogen-bond donors (Lipinski definition) is 3. The van der Waals surface area contributed by atoms with E-state index in [2.05, 4.69) is 16.0 Å². The van der Waals surface area contributed by atoms with E-state index in [4.69, 9.17) is 0 Å². The first-order chi connectivity index (χ1) is 10.6. The number of piperidine rings is 1. The molecule has 128 valence electrons. The van der Waals surface area contributed by atoms with Crippen LogP contribution in [0.15, 0.2) is 18.2 Å².